The molecule has 3 aromatic rings. The van der Waals surface area contributed by atoms with Crippen molar-refractivity contribution in [2.75, 3.05) is 26.4 Å². The van der Waals surface area contributed by atoms with Crippen LogP contribution in [-0.2, 0) is 0 Å². The summed E-state index contributed by atoms with van der Waals surface area (Å²) in [6.07, 6.45) is 15.1. The lowest BCUT2D eigenvalue weighted by Crippen LogP contribution is -2.11. The lowest BCUT2D eigenvalue weighted by atomic mass is 9.95. The zero-order valence-electron chi connectivity index (χ0n) is 23.6. The van der Waals surface area contributed by atoms with Crippen LogP contribution in [0, 0.1) is 0 Å². The Hall–Kier alpha value is -3.28. The zero-order chi connectivity index (χ0) is 27.0. The number of hydrogen-bond donors (Lipinski definition) is 0. The van der Waals surface area contributed by atoms with Gasteiger partial charge in [0.2, 0.25) is 0 Å². The molecule has 0 aliphatic rings. The molecule has 0 spiro atoms. The molecule has 0 aliphatic carbocycles. The second kappa shape index (κ2) is 16.5. The van der Waals surface area contributed by atoms with Gasteiger partial charge in [-0.1, -0.05) is 53.4 Å². The van der Waals surface area contributed by atoms with Crippen molar-refractivity contribution in [2.45, 2.75) is 79.1 Å². The summed E-state index contributed by atoms with van der Waals surface area (Å²) in [4.78, 5) is 8.52. The predicted molar refractivity (Wildman–Crippen MR) is 155 cm³/mol. The third-order valence-corrected chi connectivity index (χ3v) is 6.24. The van der Waals surface area contributed by atoms with Crippen molar-refractivity contribution < 1.29 is 18.9 Å². The summed E-state index contributed by atoms with van der Waals surface area (Å²) in [6, 6.07) is 7.97. The Morgan fingerprint density at radius 1 is 0.447 bits per heavy atom. The van der Waals surface area contributed by atoms with E-state index in [0.717, 1.165) is 73.6 Å². The Morgan fingerprint density at radius 3 is 0.947 bits per heavy atom. The summed E-state index contributed by atoms with van der Waals surface area (Å²) in [7, 11) is 0. The first-order valence-corrected chi connectivity index (χ1v) is 14.3. The molecular weight excluding hydrogens is 476 g/mol. The van der Waals surface area contributed by atoms with Crippen LogP contribution in [0.1, 0.15) is 79.1 Å². The Bertz CT molecular complexity index is 942. The summed E-state index contributed by atoms with van der Waals surface area (Å²) < 4.78 is 26.3. The van der Waals surface area contributed by atoms with Gasteiger partial charge in [0.05, 0.1) is 37.6 Å². The maximum atomic E-state index is 6.59. The van der Waals surface area contributed by atoms with E-state index < -0.39 is 0 Å². The minimum atomic E-state index is 0.582. The maximum Gasteiger partial charge on any atom is 0.173 e. The summed E-state index contributed by atoms with van der Waals surface area (Å²) >= 11 is 0. The highest BCUT2D eigenvalue weighted by Gasteiger charge is 2.31. The fourth-order valence-electron chi connectivity index (χ4n) is 4.05. The van der Waals surface area contributed by atoms with Gasteiger partial charge in [-0.2, -0.15) is 0 Å². The highest BCUT2D eigenvalue weighted by Crippen LogP contribution is 2.57. The second-order valence-electron chi connectivity index (χ2n) is 9.35. The molecule has 2 heterocycles. The van der Waals surface area contributed by atoms with Crippen molar-refractivity contribution in [1.29, 1.82) is 0 Å². The monoisotopic (exact) mass is 520 g/mol. The quantitative estimate of drug-likeness (QED) is 0.157. The van der Waals surface area contributed by atoms with E-state index in [2.05, 4.69) is 37.7 Å². The standard InChI is InChI=1S/C32H44N2O4/c1-5-9-21-35-29-27(25-13-17-33-18-14-25)31(37-23-11-7-3)32(38-24-12-8-4)28(26-15-19-34-20-16-26)30(29)36-22-10-6-2/h13-20H,5-12,21-24H2,1-4H3. The molecule has 0 saturated heterocycles. The fourth-order valence-corrected chi connectivity index (χ4v) is 4.05. The number of unbranched alkanes of at least 4 members (excludes halogenated alkanes) is 4. The van der Waals surface area contributed by atoms with Crippen LogP contribution in [0.4, 0.5) is 0 Å². The molecule has 0 bridgehead atoms. The normalized spacial score (nSPS) is 10.8. The number of pyridine rings is 2. The number of hydrogen-bond acceptors (Lipinski definition) is 6. The summed E-state index contributed by atoms with van der Waals surface area (Å²) in [5, 5.41) is 0. The molecule has 0 N–H and O–H groups in total. The molecular formula is C32H44N2O4. The summed E-state index contributed by atoms with van der Waals surface area (Å²) in [5.74, 6) is 2.78. The van der Waals surface area contributed by atoms with E-state index in [1.165, 1.54) is 0 Å². The summed E-state index contributed by atoms with van der Waals surface area (Å²) in [6.45, 7) is 11.0. The van der Waals surface area contributed by atoms with Crippen LogP contribution in [0.5, 0.6) is 23.0 Å². The summed E-state index contributed by atoms with van der Waals surface area (Å²) in [5.41, 5.74) is 3.63. The van der Waals surface area contributed by atoms with Crippen LogP contribution < -0.4 is 18.9 Å². The van der Waals surface area contributed by atoms with E-state index in [4.69, 9.17) is 18.9 Å². The second-order valence-corrected chi connectivity index (χ2v) is 9.35. The number of ether oxygens (including phenoxy) is 4. The Balaban J connectivity index is 2.39. The van der Waals surface area contributed by atoms with Crippen LogP contribution >= 0.6 is 0 Å². The molecule has 0 unspecified atom stereocenters. The molecule has 6 nitrogen and oxygen atoms in total. The van der Waals surface area contributed by atoms with Crippen molar-refractivity contribution in [1.82, 2.24) is 9.97 Å². The number of aromatic nitrogens is 2. The molecule has 0 atom stereocenters. The van der Waals surface area contributed by atoms with Crippen LogP contribution in [0.15, 0.2) is 49.1 Å². The van der Waals surface area contributed by atoms with E-state index in [0.29, 0.717) is 49.4 Å². The van der Waals surface area contributed by atoms with Gasteiger partial charge in [-0.3, -0.25) is 9.97 Å². The van der Waals surface area contributed by atoms with Gasteiger partial charge in [-0.25, -0.2) is 0 Å². The highest BCUT2D eigenvalue weighted by atomic mass is 16.5. The smallest absolute Gasteiger partial charge is 0.173 e. The van der Waals surface area contributed by atoms with Crippen molar-refractivity contribution >= 4 is 0 Å². The van der Waals surface area contributed by atoms with Gasteiger partial charge < -0.3 is 18.9 Å². The van der Waals surface area contributed by atoms with Gasteiger partial charge in [0, 0.05) is 24.8 Å². The van der Waals surface area contributed by atoms with E-state index in [9.17, 15) is 0 Å². The van der Waals surface area contributed by atoms with Crippen LogP contribution in [-0.4, -0.2) is 36.4 Å². The van der Waals surface area contributed by atoms with E-state index in [1.54, 1.807) is 24.8 Å². The first-order valence-electron chi connectivity index (χ1n) is 14.3. The molecule has 6 heteroatoms. The topological polar surface area (TPSA) is 62.7 Å². The van der Waals surface area contributed by atoms with E-state index in [-0.39, 0.29) is 0 Å². The molecule has 3 rings (SSSR count). The molecule has 38 heavy (non-hydrogen) atoms. The van der Waals surface area contributed by atoms with Crippen molar-refractivity contribution in [3.63, 3.8) is 0 Å². The average Bonchev–Trinajstić information content (AvgIpc) is 2.95. The first kappa shape index (κ1) is 29.3. The van der Waals surface area contributed by atoms with Crippen LogP contribution in [0.2, 0.25) is 0 Å². The van der Waals surface area contributed by atoms with Gasteiger partial charge in [-0.15, -0.1) is 0 Å². The van der Waals surface area contributed by atoms with Gasteiger partial charge in [0.25, 0.3) is 0 Å². The third kappa shape index (κ3) is 7.86. The SMILES string of the molecule is CCCCOc1c(OCCCC)c(-c2ccncc2)c(OCCCC)c(OCCCC)c1-c1ccncc1. The van der Waals surface area contributed by atoms with Gasteiger partial charge in [0.1, 0.15) is 0 Å². The average molecular weight is 521 g/mol. The van der Waals surface area contributed by atoms with Crippen molar-refractivity contribution in [2.24, 2.45) is 0 Å². The first-order chi connectivity index (χ1) is 18.8. The lowest BCUT2D eigenvalue weighted by molar-refractivity contribution is 0.245. The molecule has 0 saturated carbocycles. The van der Waals surface area contributed by atoms with Gasteiger partial charge in [-0.05, 0) is 61.1 Å². The molecule has 0 aliphatic heterocycles. The number of rotatable bonds is 18. The largest absolute Gasteiger partial charge is 0.489 e. The maximum absolute atomic E-state index is 6.59. The molecule has 206 valence electrons. The molecule has 0 radical (unpaired) electrons. The van der Waals surface area contributed by atoms with E-state index >= 15 is 0 Å². The Morgan fingerprint density at radius 2 is 0.711 bits per heavy atom. The molecule has 2 aromatic heterocycles. The van der Waals surface area contributed by atoms with E-state index in [1.807, 2.05) is 24.3 Å². The van der Waals surface area contributed by atoms with Crippen molar-refractivity contribution in [3.05, 3.63) is 49.1 Å². The lowest BCUT2D eigenvalue weighted by Gasteiger charge is -2.26. The predicted octanol–water partition coefficient (Wildman–Crippen LogP) is 8.53. The number of benzene rings is 1. The molecule has 0 fully saturated rings. The number of nitrogens with zero attached hydrogens (tertiary/aromatic N) is 2. The Kier molecular flexibility index (Phi) is 12.7. The minimum Gasteiger partial charge on any atom is -0.489 e. The van der Waals surface area contributed by atoms with Crippen LogP contribution in [0.3, 0.4) is 0 Å². The highest BCUT2D eigenvalue weighted by molar-refractivity contribution is 5.93. The van der Waals surface area contributed by atoms with Gasteiger partial charge in [0.15, 0.2) is 23.0 Å². The third-order valence-electron chi connectivity index (χ3n) is 6.24. The Labute approximate surface area is 228 Å². The van der Waals surface area contributed by atoms with Crippen LogP contribution in [0.25, 0.3) is 22.3 Å². The molecule has 1 aromatic carbocycles. The van der Waals surface area contributed by atoms with Crippen molar-refractivity contribution in [3.8, 4) is 45.3 Å². The fraction of sp³-hybridized carbons (Fsp3) is 0.500. The minimum absolute atomic E-state index is 0.582. The zero-order valence-corrected chi connectivity index (χ0v) is 23.6. The molecule has 0 amide bonds. The van der Waals surface area contributed by atoms with Gasteiger partial charge >= 0.3 is 0 Å².